The smallest absolute Gasteiger partial charge is 0.277 e. The number of para-hydroxylation sites is 3. The Hall–Kier alpha value is -3.58. The van der Waals surface area contributed by atoms with E-state index in [-0.39, 0.29) is 11.7 Å². The monoisotopic (exact) mass is 403 g/mol. The number of carbonyl (C=O) groups excluding carboxylic acids is 1. The summed E-state index contributed by atoms with van der Waals surface area (Å²) in [6, 6.07) is 26.2. The molecule has 1 aromatic heterocycles. The summed E-state index contributed by atoms with van der Waals surface area (Å²) in [4.78, 5) is 12.4. The molecule has 4 rings (SSSR count). The summed E-state index contributed by atoms with van der Waals surface area (Å²) in [5.41, 5.74) is 1.43. The average molecular weight is 403 g/mol. The van der Waals surface area contributed by atoms with Crippen molar-refractivity contribution in [1.82, 2.24) is 10.2 Å². The Bertz CT molecular complexity index is 1080. The van der Waals surface area contributed by atoms with E-state index in [9.17, 15) is 4.79 Å². The average Bonchev–Trinajstić information content (AvgIpc) is 3.24. The highest BCUT2D eigenvalue weighted by molar-refractivity contribution is 7.99. The van der Waals surface area contributed by atoms with Gasteiger partial charge in [0.2, 0.25) is 11.8 Å². The summed E-state index contributed by atoms with van der Waals surface area (Å²) in [7, 11) is 0. The van der Waals surface area contributed by atoms with E-state index in [2.05, 4.69) is 15.5 Å². The van der Waals surface area contributed by atoms with Gasteiger partial charge in [-0.15, -0.1) is 10.2 Å². The number of thioether (sulfide) groups is 1. The standard InChI is InChI=1S/C22H17N3O3S/c26-20(15-29-22-25-24-21(28-22)16-9-3-1-4-10-16)23-18-13-7-8-14-19(18)27-17-11-5-2-6-12-17/h1-14H,15H2,(H,23,26). The minimum Gasteiger partial charge on any atom is -0.455 e. The van der Waals surface area contributed by atoms with Gasteiger partial charge in [-0.2, -0.15) is 0 Å². The summed E-state index contributed by atoms with van der Waals surface area (Å²) >= 11 is 1.18. The quantitative estimate of drug-likeness (QED) is 0.424. The molecule has 0 atom stereocenters. The van der Waals surface area contributed by atoms with Gasteiger partial charge in [-0.05, 0) is 36.4 Å². The van der Waals surface area contributed by atoms with Crippen LogP contribution < -0.4 is 10.1 Å². The Kier molecular flexibility index (Phi) is 5.87. The van der Waals surface area contributed by atoms with Crippen molar-refractivity contribution in [3.05, 3.63) is 84.9 Å². The molecule has 0 aliphatic heterocycles. The van der Waals surface area contributed by atoms with Crippen LogP contribution in [0.2, 0.25) is 0 Å². The maximum Gasteiger partial charge on any atom is 0.277 e. The van der Waals surface area contributed by atoms with Crippen molar-refractivity contribution in [3.63, 3.8) is 0 Å². The minimum atomic E-state index is -0.196. The van der Waals surface area contributed by atoms with Crippen molar-refractivity contribution in [2.75, 3.05) is 11.1 Å². The van der Waals surface area contributed by atoms with Crippen molar-refractivity contribution in [2.24, 2.45) is 0 Å². The number of carbonyl (C=O) groups is 1. The van der Waals surface area contributed by atoms with Crippen LogP contribution in [0.5, 0.6) is 11.5 Å². The number of aromatic nitrogens is 2. The van der Waals surface area contributed by atoms with Gasteiger partial charge in [0.25, 0.3) is 5.22 Å². The number of amides is 1. The zero-order valence-corrected chi connectivity index (χ0v) is 16.1. The second-order valence-electron chi connectivity index (χ2n) is 5.99. The number of hydrogen-bond acceptors (Lipinski definition) is 6. The van der Waals surface area contributed by atoms with Crippen molar-refractivity contribution in [1.29, 1.82) is 0 Å². The first kappa shape index (κ1) is 18.8. The van der Waals surface area contributed by atoms with Crippen LogP contribution in [0, 0.1) is 0 Å². The normalized spacial score (nSPS) is 10.5. The lowest BCUT2D eigenvalue weighted by Crippen LogP contribution is -2.14. The van der Waals surface area contributed by atoms with Crippen LogP contribution >= 0.6 is 11.8 Å². The Labute approximate surface area is 171 Å². The van der Waals surface area contributed by atoms with E-state index in [1.165, 1.54) is 11.8 Å². The van der Waals surface area contributed by atoms with E-state index in [1.54, 1.807) is 12.1 Å². The highest BCUT2D eigenvalue weighted by atomic mass is 32.2. The molecule has 3 aromatic carbocycles. The van der Waals surface area contributed by atoms with Crippen LogP contribution in [0.1, 0.15) is 0 Å². The molecular formula is C22H17N3O3S. The molecule has 0 saturated heterocycles. The molecule has 6 nitrogen and oxygen atoms in total. The molecule has 0 aliphatic rings. The molecule has 0 bridgehead atoms. The second-order valence-corrected chi connectivity index (χ2v) is 6.91. The predicted octanol–water partition coefficient (Wildman–Crippen LogP) is 5.26. The number of nitrogens with zero attached hydrogens (tertiary/aromatic N) is 2. The number of rotatable bonds is 7. The highest BCUT2D eigenvalue weighted by Gasteiger charge is 2.13. The van der Waals surface area contributed by atoms with Gasteiger partial charge < -0.3 is 14.5 Å². The van der Waals surface area contributed by atoms with Gasteiger partial charge in [-0.1, -0.05) is 60.3 Å². The van der Waals surface area contributed by atoms with Gasteiger partial charge in [0.15, 0.2) is 5.75 Å². The van der Waals surface area contributed by atoms with Crippen molar-refractivity contribution in [3.8, 4) is 23.0 Å². The molecule has 7 heteroatoms. The third kappa shape index (κ3) is 5.03. The second kappa shape index (κ2) is 9.07. The fourth-order valence-corrected chi connectivity index (χ4v) is 3.12. The largest absolute Gasteiger partial charge is 0.455 e. The van der Waals surface area contributed by atoms with Crippen LogP contribution in [0.4, 0.5) is 5.69 Å². The Morgan fingerprint density at radius 2 is 1.59 bits per heavy atom. The van der Waals surface area contributed by atoms with E-state index in [0.29, 0.717) is 28.3 Å². The van der Waals surface area contributed by atoms with Crippen molar-refractivity contribution in [2.45, 2.75) is 5.22 Å². The van der Waals surface area contributed by atoms with Crippen LogP contribution in [-0.4, -0.2) is 21.9 Å². The first-order valence-electron chi connectivity index (χ1n) is 8.91. The lowest BCUT2D eigenvalue weighted by molar-refractivity contribution is -0.113. The van der Waals surface area contributed by atoms with Crippen LogP contribution in [-0.2, 0) is 4.79 Å². The summed E-state index contributed by atoms with van der Waals surface area (Å²) in [5.74, 6) is 1.63. The number of benzene rings is 3. The van der Waals surface area contributed by atoms with Crippen LogP contribution in [0.25, 0.3) is 11.5 Å². The topological polar surface area (TPSA) is 77.2 Å². The Balaban J connectivity index is 1.36. The fraction of sp³-hybridized carbons (Fsp3) is 0.0455. The molecule has 0 unspecified atom stereocenters. The van der Waals surface area contributed by atoms with Gasteiger partial charge in [0.1, 0.15) is 5.75 Å². The van der Waals surface area contributed by atoms with Gasteiger partial charge in [0, 0.05) is 5.56 Å². The van der Waals surface area contributed by atoms with E-state index in [1.807, 2.05) is 72.8 Å². The van der Waals surface area contributed by atoms with Gasteiger partial charge in [-0.3, -0.25) is 4.79 Å². The van der Waals surface area contributed by atoms with E-state index >= 15 is 0 Å². The molecular weight excluding hydrogens is 386 g/mol. The van der Waals surface area contributed by atoms with E-state index < -0.39 is 0 Å². The molecule has 1 amide bonds. The molecule has 0 spiro atoms. The first-order chi connectivity index (χ1) is 14.3. The maximum atomic E-state index is 12.4. The molecule has 1 N–H and O–H groups in total. The molecule has 29 heavy (non-hydrogen) atoms. The molecule has 0 fully saturated rings. The number of nitrogens with one attached hydrogen (secondary N) is 1. The maximum absolute atomic E-state index is 12.4. The summed E-state index contributed by atoms with van der Waals surface area (Å²) in [5, 5.41) is 11.2. The molecule has 0 aliphatic carbocycles. The van der Waals surface area contributed by atoms with Crippen molar-refractivity contribution < 1.29 is 13.9 Å². The summed E-state index contributed by atoms with van der Waals surface area (Å²) < 4.78 is 11.5. The molecule has 1 heterocycles. The van der Waals surface area contributed by atoms with E-state index in [0.717, 1.165) is 5.56 Å². The van der Waals surface area contributed by atoms with Crippen molar-refractivity contribution >= 4 is 23.4 Å². The zero-order valence-electron chi connectivity index (χ0n) is 15.3. The Morgan fingerprint density at radius 3 is 2.38 bits per heavy atom. The fourth-order valence-electron chi connectivity index (χ4n) is 2.55. The molecule has 144 valence electrons. The van der Waals surface area contributed by atoms with Crippen LogP contribution in [0.15, 0.2) is 94.6 Å². The Morgan fingerprint density at radius 1 is 0.897 bits per heavy atom. The predicted molar refractivity (Wildman–Crippen MR) is 112 cm³/mol. The third-order valence-corrected chi connectivity index (χ3v) is 4.70. The lowest BCUT2D eigenvalue weighted by atomic mass is 10.2. The summed E-state index contributed by atoms with van der Waals surface area (Å²) in [6.07, 6.45) is 0. The molecule has 0 radical (unpaired) electrons. The van der Waals surface area contributed by atoms with E-state index in [4.69, 9.17) is 9.15 Å². The van der Waals surface area contributed by atoms with Gasteiger partial charge in [-0.25, -0.2) is 0 Å². The zero-order chi connectivity index (χ0) is 19.9. The third-order valence-electron chi connectivity index (χ3n) is 3.89. The number of ether oxygens (including phenoxy) is 1. The minimum absolute atomic E-state index is 0.135. The first-order valence-corrected chi connectivity index (χ1v) is 9.90. The van der Waals surface area contributed by atoms with Gasteiger partial charge in [0.05, 0.1) is 11.4 Å². The summed E-state index contributed by atoms with van der Waals surface area (Å²) in [6.45, 7) is 0. The lowest BCUT2D eigenvalue weighted by Gasteiger charge is -2.11. The number of hydrogen-bond donors (Lipinski definition) is 1. The SMILES string of the molecule is O=C(CSc1nnc(-c2ccccc2)o1)Nc1ccccc1Oc1ccccc1. The van der Waals surface area contributed by atoms with Crippen LogP contribution in [0.3, 0.4) is 0 Å². The highest BCUT2D eigenvalue weighted by Crippen LogP contribution is 2.29. The molecule has 4 aromatic rings. The molecule has 0 saturated carbocycles. The van der Waals surface area contributed by atoms with Gasteiger partial charge >= 0.3 is 0 Å². The number of anilines is 1.